The van der Waals surface area contributed by atoms with Crippen LogP contribution in [0.3, 0.4) is 0 Å². The zero-order valence-electron chi connectivity index (χ0n) is 16.1. The van der Waals surface area contributed by atoms with Crippen molar-refractivity contribution in [2.75, 3.05) is 0 Å². The summed E-state index contributed by atoms with van der Waals surface area (Å²) in [5.74, 6) is -1.66. The van der Waals surface area contributed by atoms with E-state index >= 15 is 0 Å². The van der Waals surface area contributed by atoms with Crippen molar-refractivity contribution >= 4 is 46.2 Å². The summed E-state index contributed by atoms with van der Waals surface area (Å²) in [7, 11) is 1.73. The highest BCUT2D eigenvalue weighted by molar-refractivity contribution is 7.12. The average Bonchev–Trinajstić information content (AvgIpc) is 3.10. The van der Waals surface area contributed by atoms with Crippen LogP contribution in [0, 0.1) is 0 Å². The molecule has 0 aliphatic heterocycles. The topological polar surface area (TPSA) is 87.7 Å². The van der Waals surface area contributed by atoms with Crippen LogP contribution in [0.5, 0.6) is 5.75 Å². The maximum Gasteiger partial charge on any atom is 0.339 e. The molecule has 0 bridgehead atoms. The van der Waals surface area contributed by atoms with Gasteiger partial charge in [-0.2, -0.15) is 5.10 Å². The number of carboxylic acid groups (broad SMARTS) is 1. The monoisotopic (exact) mass is 471 g/mol. The fourth-order valence-corrected chi connectivity index (χ4v) is 4.13. The molecule has 0 fully saturated rings. The molecule has 0 atom stereocenters. The largest absolute Gasteiger partial charge is 0.505 e. The van der Waals surface area contributed by atoms with Crippen LogP contribution in [0.4, 0.5) is 5.69 Å². The molecular weight excluding hydrogens is 457 g/mol. The number of hydrogen-bond acceptors (Lipinski definition) is 5. The highest BCUT2D eigenvalue weighted by atomic mass is 35.5. The zero-order valence-corrected chi connectivity index (χ0v) is 18.4. The Morgan fingerprint density at radius 3 is 2.13 bits per heavy atom. The van der Waals surface area contributed by atoms with E-state index in [1.807, 2.05) is 12.1 Å². The van der Waals surface area contributed by atoms with Crippen LogP contribution >= 0.6 is 34.5 Å². The smallest absolute Gasteiger partial charge is 0.339 e. The van der Waals surface area contributed by atoms with Crippen LogP contribution in [0.1, 0.15) is 10.4 Å². The summed E-state index contributed by atoms with van der Waals surface area (Å²) in [5.41, 5.74) is 2.08. The molecule has 0 saturated carbocycles. The Labute approximate surface area is 191 Å². The molecule has 0 aliphatic rings. The first-order chi connectivity index (χ1) is 14.8. The number of benzene rings is 3. The van der Waals surface area contributed by atoms with E-state index in [0.29, 0.717) is 25.4 Å². The number of aromatic carboxylic acids is 1. The summed E-state index contributed by atoms with van der Waals surface area (Å²) in [6.07, 6.45) is 0. The number of phenols is 1. The van der Waals surface area contributed by atoms with Gasteiger partial charge in [0.2, 0.25) is 4.80 Å². The van der Waals surface area contributed by atoms with Gasteiger partial charge in [-0.25, -0.2) is 14.5 Å². The maximum absolute atomic E-state index is 11.6. The molecule has 0 unspecified atom stereocenters. The van der Waals surface area contributed by atoms with Crippen LogP contribution < -0.4 is 4.80 Å². The molecule has 6 nitrogen and oxygen atoms in total. The second-order valence-electron chi connectivity index (χ2n) is 6.60. The first-order valence-electron chi connectivity index (χ1n) is 9.03. The summed E-state index contributed by atoms with van der Waals surface area (Å²) in [6, 6.07) is 17.2. The number of nitrogens with zero attached hydrogens (tertiary/aromatic N) is 3. The number of aromatic hydroxyl groups is 1. The van der Waals surface area contributed by atoms with Crippen molar-refractivity contribution in [1.29, 1.82) is 0 Å². The predicted molar refractivity (Wildman–Crippen MR) is 122 cm³/mol. The lowest BCUT2D eigenvalue weighted by Gasteiger charge is -2.10. The molecule has 156 valence electrons. The van der Waals surface area contributed by atoms with E-state index in [1.54, 1.807) is 54.2 Å². The van der Waals surface area contributed by atoms with Crippen LogP contribution in [0.2, 0.25) is 10.0 Å². The Morgan fingerprint density at radius 2 is 1.55 bits per heavy atom. The Kier molecular flexibility index (Phi) is 5.82. The lowest BCUT2D eigenvalue weighted by Crippen LogP contribution is -2.11. The molecule has 9 heteroatoms. The van der Waals surface area contributed by atoms with Gasteiger partial charge in [0.1, 0.15) is 16.3 Å². The van der Waals surface area contributed by atoms with Gasteiger partial charge in [-0.15, -0.1) is 0 Å². The first kappa shape index (κ1) is 21.1. The third-order valence-electron chi connectivity index (χ3n) is 4.54. The minimum atomic E-state index is -1.24. The van der Waals surface area contributed by atoms with Crippen LogP contribution in [0.15, 0.2) is 65.7 Å². The second-order valence-corrected chi connectivity index (χ2v) is 8.43. The lowest BCUT2D eigenvalue weighted by molar-refractivity contribution is 0.0694. The SMILES string of the molecule is Cn1nc(-c2ccc(Cl)cc2)sc1=Nc1c(-c2ccc(Cl)cc2)ccc(C(=O)O)c1O. The summed E-state index contributed by atoms with van der Waals surface area (Å²) in [6.45, 7) is 0. The molecular formula is C22H15Cl2N3O3S. The molecule has 31 heavy (non-hydrogen) atoms. The Balaban J connectivity index is 1.91. The Hall–Kier alpha value is -3.13. The molecule has 3 aromatic carbocycles. The molecule has 4 aromatic rings. The van der Waals surface area contributed by atoms with Crippen molar-refractivity contribution in [3.8, 4) is 27.4 Å². The van der Waals surface area contributed by atoms with Crippen molar-refractivity contribution < 1.29 is 15.0 Å². The van der Waals surface area contributed by atoms with E-state index < -0.39 is 11.7 Å². The lowest BCUT2D eigenvalue weighted by atomic mass is 10.0. The van der Waals surface area contributed by atoms with Gasteiger partial charge in [-0.3, -0.25) is 0 Å². The van der Waals surface area contributed by atoms with Gasteiger partial charge in [0.25, 0.3) is 0 Å². The highest BCUT2D eigenvalue weighted by Crippen LogP contribution is 2.40. The second kappa shape index (κ2) is 8.55. The van der Waals surface area contributed by atoms with E-state index in [1.165, 1.54) is 17.4 Å². The fraction of sp³-hybridized carbons (Fsp3) is 0.0455. The van der Waals surface area contributed by atoms with Crippen molar-refractivity contribution in [1.82, 2.24) is 9.78 Å². The van der Waals surface area contributed by atoms with E-state index in [2.05, 4.69) is 10.1 Å². The molecule has 0 amide bonds. The number of carbonyl (C=O) groups is 1. The normalized spacial score (nSPS) is 11.6. The molecule has 0 saturated heterocycles. The minimum Gasteiger partial charge on any atom is -0.505 e. The summed E-state index contributed by atoms with van der Waals surface area (Å²) in [4.78, 5) is 16.6. The van der Waals surface area contributed by atoms with Crippen LogP contribution in [0.25, 0.3) is 21.7 Å². The third-order valence-corrected chi connectivity index (χ3v) is 6.09. The van der Waals surface area contributed by atoms with Gasteiger partial charge in [0.15, 0.2) is 5.75 Å². The molecule has 1 aromatic heterocycles. The summed E-state index contributed by atoms with van der Waals surface area (Å²) >= 11 is 13.3. The molecule has 4 rings (SSSR count). The van der Waals surface area contributed by atoms with E-state index in [9.17, 15) is 15.0 Å². The average molecular weight is 472 g/mol. The fourth-order valence-electron chi connectivity index (χ4n) is 2.98. The number of hydrogen-bond donors (Lipinski definition) is 2. The first-order valence-corrected chi connectivity index (χ1v) is 10.6. The molecule has 1 heterocycles. The van der Waals surface area contributed by atoms with Crippen molar-refractivity contribution in [2.24, 2.45) is 12.0 Å². The van der Waals surface area contributed by atoms with E-state index in [4.69, 9.17) is 23.2 Å². The van der Waals surface area contributed by atoms with Gasteiger partial charge in [0.05, 0.1) is 0 Å². The number of aromatic nitrogens is 2. The third kappa shape index (κ3) is 4.34. The van der Waals surface area contributed by atoms with Gasteiger partial charge in [-0.1, -0.05) is 64.9 Å². The van der Waals surface area contributed by atoms with Crippen molar-refractivity contribution in [3.63, 3.8) is 0 Å². The summed E-state index contributed by atoms with van der Waals surface area (Å²) in [5, 5.41) is 26.5. The minimum absolute atomic E-state index is 0.143. The quantitative estimate of drug-likeness (QED) is 0.396. The van der Waals surface area contributed by atoms with E-state index in [-0.39, 0.29) is 11.3 Å². The Bertz CT molecular complexity index is 1340. The molecule has 2 N–H and O–H groups in total. The number of aryl methyl sites for hydroxylation is 1. The molecule has 0 aliphatic carbocycles. The van der Waals surface area contributed by atoms with Crippen LogP contribution in [-0.2, 0) is 7.05 Å². The Morgan fingerprint density at radius 1 is 0.968 bits per heavy atom. The molecule has 0 spiro atoms. The number of rotatable bonds is 4. The van der Waals surface area contributed by atoms with Crippen molar-refractivity contribution in [2.45, 2.75) is 0 Å². The van der Waals surface area contributed by atoms with Gasteiger partial charge < -0.3 is 10.2 Å². The predicted octanol–water partition coefficient (Wildman–Crippen LogP) is 5.76. The van der Waals surface area contributed by atoms with Gasteiger partial charge in [0, 0.05) is 28.2 Å². The summed E-state index contributed by atoms with van der Waals surface area (Å²) < 4.78 is 1.58. The highest BCUT2D eigenvalue weighted by Gasteiger charge is 2.18. The maximum atomic E-state index is 11.6. The standard InChI is InChI=1S/C22H15Cl2N3O3S/c1-27-22(31-20(26-27)13-4-8-15(24)9-5-13)25-18-16(12-2-6-14(23)7-3-12)10-11-17(19(18)28)21(29)30/h2-11,28H,1H3,(H,29,30). The van der Waals surface area contributed by atoms with Crippen LogP contribution in [-0.4, -0.2) is 26.0 Å². The zero-order chi connectivity index (χ0) is 22.1. The van der Waals surface area contributed by atoms with E-state index in [0.717, 1.165) is 11.1 Å². The van der Waals surface area contributed by atoms with Gasteiger partial charge >= 0.3 is 5.97 Å². The van der Waals surface area contributed by atoms with Crippen molar-refractivity contribution in [3.05, 3.63) is 81.1 Å². The van der Waals surface area contributed by atoms with Gasteiger partial charge in [-0.05, 0) is 35.9 Å². The number of halogens is 2. The molecule has 0 radical (unpaired) electrons. The number of carboxylic acids is 1.